The highest BCUT2D eigenvalue weighted by Crippen LogP contribution is 2.13. The first kappa shape index (κ1) is 13.9. The van der Waals surface area contributed by atoms with Crippen molar-refractivity contribution in [3.8, 4) is 6.01 Å². The van der Waals surface area contributed by atoms with Gasteiger partial charge < -0.3 is 15.2 Å². The van der Waals surface area contributed by atoms with Crippen LogP contribution in [0.4, 0.5) is 5.95 Å². The first-order chi connectivity index (χ1) is 8.15. The van der Waals surface area contributed by atoms with Crippen LogP contribution in [-0.4, -0.2) is 39.3 Å². The lowest BCUT2D eigenvalue weighted by Crippen LogP contribution is -2.18. The lowest BCUT2D eigenvalue weighted by molar-refractivity contribution is 0.282. The monoisotopic (exact) mass is 260 g/mol. The summed E-state index contributed by atoms with van der Waals surface area (Å²) in [6.45, 7) is 4.47. The molecule has 0 amide bonds. The second kappa shape index (κ2) is 7.24. The number of hydrogen-bond donors (Lipinski definition) is 2. The van der Waals surface area contributed by atoms with Crippen LogP contribution >= 0.6 is 11.6 Å². The summed E-state index contributed by atoms with van der Waals surface area (Å²) in [7, 11) is 0. The van der Waals surface area contributed by atoms with Crippen LogP contribution in [0.25, 0.3) is 0 Å². The van der Waals surface area contributed by atoms with Gasteiger partial charge in [0.1, 0.15) is 0 Å². The van der Waals surface area contributed by atoms with Gasteiger partial charge in [-0.15, -0.1) is 0 Å². The van der Waals surface area contributed by atoms with E-state index in [2.05, 4.69) is 20.3 Å². The highest BCUT2D eigenvalue weighted by atomic mass is 35.5. The summed E-state index contributed by atoms with van der Waals surface area (Å²) in [5.41, 5.74) is 0. The van der Waals surface area contributed by atoms with Gasteiger partial charge in [0.15, 0.2) is 0 Å². The van der Waals surface area contributed by atoms with Crippen LogP contribution in [0, 0.1) is 0 Å². The van der Waals surface area contributed by atoms with E-state index in [0.717, 1.165) is 12.8 Å². The second-order valence-electron chi connectivity index (χ2n) is 3.55. The molecule has 0 aliphatic carbocycles. The van der Waals surface area contributed by atoms with Gasteiger partial charge in [-0.3, -0.25) is 0 Å². The third-order valence-electron chi connectivity index (χ3n) is 2.03. The highest BCUT2D eigenvalue weighted by Gasteiger charge is 2.08. The molecule has 0 fully saturated rings. The molecule has 0 saturated heterocycles. The van der Waals surface area contributed by atoms with Crippen molar-refractivity contribution in [2.75, 3.05) is 18.5 Å². The summed E-state index contributed by atoms with van der Waals surface area (Å²) in [4.78, 5) is 11.9. The van der Waals surface area contributed by atoms with Gasteiger partial charge in [0, 0.05) is 12.6 Å². The molecular formula is C10H17ClN4O2. The molecule has 0 saturated carbocycles. The summed E-state index contributed by atoms with van der Waals surface area (Å²) in [6.07, 6.45) is 1.55. The van der Waals surface area contributed by atoms with Crippen molar-refractivity contribution < 1.29 is 9.84 Å². The van der Waals surface area contributed by atoms with Crippen molar-refractivity contribution in [3.05, 3.63) is 5.28 Å². The topological polar surface area (TPSA) is 80.2 Å². The molecule has 1 unspecified atom stereocenters. The van der Waals surface area contributed by atoms with Crippen molar-refractivity contribution in [2.24, 2.45) is 0 Å². The minimum absolute atomic E-state index is 0.0975. The number of halogens is 1. The van der Waals surface area contributed by atoms with E-state index in [1.54, 1.807) is 0 Å². The maximum atomic E-state index is 8.73. The molecule has 1 atom stereocenters. The SMILES string of the molecule is CCOc1nc(Cl)nc(NC(C)CCCO)n1. The predicted molar refractivity (Wildman–Crippen MR) is 65.4 cm³/mol. The summed E-state index contributed by atoms with van der Waals surface area (Å²) in [5, 5.41) is 11.9. The smallest absolute Gasteiger partial charge is 0.322 e. The average molecular weight is 261 g/mol. The quantitative estimate of drug-likeness (QED) is 0.773. The Bertz CT molecular complexity index is 351. The van der Waals surface area contributed by atoms with Gasteiger partial charge in [-0.05, 0) is 38.3 Å². The molecule has 17 heavy (non-hydrogen) atoms. The largest absolute Gasteiger partial charge is 0.464 e. The fraction of sp³-hybridized carbons (Fsp3) is 0.700. The van der Waals surface area contributed by atoms with E-state index in [0.29, 0.717) is 12.6 Å². The van der Waals surface area contributed by atoms with Crippen molar-refractivity contribution >= 4 is 17.5 Å². The molecule has 0 radical (unpaired) electrons. The molecule has 1 aromatic rings. The Labute approximate surface area is 105 Å². The van der Waals surface area contributed by atoms with E-state index < -0.39 is 0 Å². The maximum absolute atomic E-state index is 8.73. The van der Waals surface area contributed by atoms with Crippen molar-refractivity contribution in [1.29, 1.82) is 0 Å². The fourth-order valence-corrected chi connectivity index (χ4v) is 1.43. The molecule has 0 bridgehead atoms. The molecule has 7 heteroatoms. The van der Waals surface area contributed by atoms with Crippen LogP contribution in [0.15, 0.2) is 0 Å². The van der Waals surface area contributed by atoms with E-state index in [1.807, 2.05) is 13.8 Å². The highest BCUT2D eigenvalue weighted by molar-refractivity contribution is 6.28. The van der Waals surface area contributed by atoms with Gasteiger partial charge >= 0.3 is 6.01 Å². The Morgan fingerprint density at radius 3 is 2.82 bits per heavy atom. The number of nitrogens with one attached hydrogen (secondary N) is 1. The number of ether oxygens (including phenoxy) is 1. The fourth-order valence-electron chi connectivity index (χ4n) is 1.28. The first-order valence-corrected chi connectivity index (χ1v) is 5.95. The van der Waals surface area contributed by atoms with Gasteiger partial charge in [-0.25, -0.2) is 0 Å². The van der Waals surface area contributed by atoms with E-state index >= 15 is 0 Å². The minimum Gasteiger partial charge on any atom is -0.464 e. The molecular weight excluding hydrogens is 244 g/mol. The van der Waals surface area contributed by atoms with Crippen molar-refractivity contribution in [1.82, 2.24) is 15.0 Å². The van der Waals surface area contributed by atoms with Crippen LogP contribution in [0.1, 0.15) is 26.7 Å². The summed E-state index contributed by atoms with van der Waals surface area (Å²) in [5.74, 6) is 0.388. The normalized spacial score (nSPS) is 12.2. The van der Waals surface area contributed by atoms with Crippen LogP contribution in [0.5, 0.6) is 6.01 Å². The number of aliphatic hydroxyl groups is 1. The van der Waals surface area contributed by atoms with Gasteiger partial charge in [0.2, 0.25) is 11.2 Å². The minimum atomic E-state index is 0.0975. The molecule has 0 aromatic carbocycles. The van der Waals surface area contributed by atoms with Crippen LogP contribution < -0.4 is 10.1 Å². The Hall–Kier alpha value is -1.14. The second-order valence-corrected chi connectivity index (χ2v) is 3.89. The zero-order chi connectivity index (χ0) is 12.7. The number of rotatable bonds is 7. The van der Waals surface area contributed by atoms with Crippen molar-refractivity contribution in [3.63, 3.8) is 0 Å². The zero-order valence-electron chi connectivity index (χ0n) is 9.98. The van der Waals surface area contributed by atoms with E-state index in [4.69, 9.17) is 21.4 Å². The van der Waals surface area contributed by atoms with Gasteiger partial charge in [-0.2, -0.15) is 15.0 Å². The lowest BCUT2D eigenvalue weighted by Gasteiger charge is -2.13. The van der Waals surface area contributed by atoms with Crippen LogP contribution in [0.3, 0.4) is 0 Å². The molecule has 0 spiro atoms. The lowest BCUT2D eigenvalue weighted by atomic mass is 10.2. The summed E-state index contributed by atoms with van der Waals surface area (Å²) in [6, 6.07) is 0.361. The number of hydrogen-bond acceptors (Lipinski definition) is 6. The number of aromatic nitrogens is 3. The van der Waals surface area contributed by atoms with Crippen LogP contribution in [-0.2, 0) is 0 Å². The molecule has 2 N–H and O–H groups in total. The summed E-state index contributed by atoms with van der Waals surface area (Å²) < 4.78 is 5.16. The third-order valence-corrected chi connectivity index (χ3v) is 2.20. The maximum Gasteiger partial charge on any atom is 0.322 e. The third kappa shape index (κ3) is 5.14. The number of nitrogens with zero attached hydrogens (tertiary/aromatic N) is 3. The van der Waals surface area contributed by atoms with E-state index in [1.165, 1.54) is 0 Å². The summed E-state index contributed by atoms with van der Waals surface area (Å²) >= 11 is 5.75. The Morgan fingerprint density at radius 2 is 2.18 bits per heavy atom. The first-order valence-electron chi connectivity index (χ1n) is 5.57. The molecule has 1 rings (SSSR count). The van der Waals surface area contributed by atoms with Crippen molar-refractivity contribution in [2.45, 2.75) is 32.7 Å². The molecule has 1 aromatic heterocycles. The molecule has 1 heterocycles. The van der Waals surface area contributed by atoms with Gasteiger partial charge in [0.05, 0.1) is 6.61 Å². The van der Waals surface area contributed by atoms with Crippen LogP contribution in [0.2, 0.25) is 5.28 Å². The Kier molecular flexibility index (Phi) is 5.93. The number of aliphatic hydroxyl groups excluding tert-OH is 1. The molecule has 6 nitrogen and oxygen atoms in total. The van der Waals surface area contributed by atoms with E-state index in [9.17, 15) is 0 Å². The van der Waals surface area contributed by atoms with E-state index in [-0.39, 0.29) is 23.9 Å². The molecule has 96 valence electrons. The Balaban J connectivity index is 2.63. The number of anilines is 1. The molecule has 0 aliphatic heterocycles. The predicted octanol–water partition coefficient (Wildman–Crippen LogP) is 1.50. The average Bonchev–Trinajstić information content (AvgIpc) is 2.26. The molecule has 0 aliphatic rings. The van der Waals surface area contributed by atoms with Gasteiger partial charge in [0.25, 0.3) is 0 Å². The Morgan fingerprint density at radius 1 is 1.41 bits per heavy atom. The van der Waals surface area contributed by atoms with Gasteiger partial charge in [-0.1, -0.05) is 0 Å². The zero-order valence-corrected chi connectivity index (χ0v) is 10.7. The standard InChI is InChI=1S/C10H17ClN4O2/c1-3-17-10-14-8(11)13-9(15-10)12-7(2)5-4-6-16/h7,16H,3-6H2,1-2H3,(H,12,13,14,15).